The van der Waals surface area contributed by atoms with Crippen molar-refractivity contribution >= 4 is 49.2 Å². The number of aromatic nitrogens is 4. The second-order valence-electron chi connectivity index (χ2n) is 14.8. The molecule has 0 unspecified atom stereocenters. The van der Waals surface area contributed by atoms with Crippen LogP contribution in [0.25, 0.3) is 20.4 Å². The molecule has 2 saturated carbocycles. The number of amides is 1. The molecule has 0 aromatic carbocycles. The second-order valence-corrected chi connectivity index (χ2v) is 17.0. The number of alkyl carbamates (subject to hydrolysis) is 1. The summed E-state index contributed by atoms with van der Waals surface area (Å²) in [5.41, 5.74) is 2.39. The normalized spacial score (nSPS) is 23.1. The molecule has 50 heavy (non-hydrogen) atoms. The molecule has 9 nitrogen and oxygen atoms in total. The number of hydrogen-bond acceptors (Lipinski definition) is 10. The van der Waals surface area contributed by atoms with Crippen molar-refractivity contribution in [3.05, 3.63) is 33.5 Å². The van der Waals surface area contributed by atoms with Crippen LogP contribution in [0.1, 0.15) is 121 Å². The molecule has 2 fully saturated rings. The highest BCUT2D eigenvalue weighted by atomic mass is 32.1. The summed E-state index contributed by atoms with van der Waals surface area (Å²) >= 11 is 3.62. The first-order valence-corrected chi connectivity index (χ1v) is 20.0. The number of carbonyl (C=O) groups excluding carboxylic acids is 1. The van der Waals surface area contributed by atoms with Crippen LogP contribution in [0.5, 0.6) is 11.8 Å². The molecule has 4 aromatic heterocycles. The van der Waals surface area contributed by atoms with Crippen molar-refractivity contribution in [3.8, 4) is 11.8 Å². The van der Waals surface area contributed by atoms with E-state index in [4.69, 9.17) is 15.6 Å². The highest BCUT2D eigenvalue weighted by Gasteiger charge is 2.29. The summed E-state index contributed by atoms with van der Waals surface area (Å²) in [6.07, 6.45) is 20.4. The van der Waals surface area contributed by atoms with Crippen LogP contribution in [0.3, 0.4) is 0 Å². The van der Waals surface area contributed by atoms with Gasteiger partial charge in [0, 0.05) is 15.8 Å². The van der Waals surface area contributed by atoms with Gasteiger partial charge in [-0.15, -0.1) is 22.7 Å². The molecule has 0 bridgehead atoms. The maximum Gasteiger partial charge on any atom is 0.407 e. The van der Waals surface area contributed by atoms with E-state index in [1.165, 1.54) is 84.1 Å². The quantitative estimate of drug-likeness (QED) is 0.209. The zero-order valence-electron chi connectivity index (χ0n) is 30.9. The Kier molecular flexibility index (Phi) is 11.6. The first-order chi connectivity index (χ1) is 24.6. The fourth-order valence-electron chi connectivity index (χ4n) is 7.75. The van der Waals surface area contributed by atoms with Gasteiger partial charge in [-0.05, 0) is 128 Å². The number of ether oxygens (including phenoxy) is 3. The van der Waals surface area contributed by atoms with Crippen molar-refractivity contribution in [2.75, 3.05) is 7.15 Å². The van der Waals surface area contributed by atoms with Gasteiger partial charge in [0.1, 0.15) is 40.1 Å². The van der Waals surface area contributed by atoms with Gasteiger partial charge in [-0.2, -0.15) is 0 Å². The molecule has 0 atom stereocenters. The van der Waals surface area contributed by atoms with Crippen molar-refractivity contribution in [1.29, 1.82) is 0 Å². The van der Waals surface area contributed by atoms with E-state index in [-0.39, 0.29) is 18.2 Å². The van der Waals surface area contributed by atoms with Crippen LogP contribution >= 0.6 is 22.7 Å². The number of halogens is 1. The van der Waals surface area contributed by atoms with Crippen molar-refractivity contribution < 1.29 is 24.8 Å². The molecule has 4 heterocycles. The zero-order chi connectivity index (χ0) is 36.0. The van der Waals surface area contributed by atoms with E-state index in [9.17, 15) is 9.18 Å². The Morgan fingerprint density at radius 2 is 1.30 bits per heavy atom. The molecule has 0 saturated heterocycles. The SMILES string of the molecule is CC(C)(C)OC(=O)NC1CCC(Oc2ncnc3sc4c(c23)CCC4)CC1.CCC1CCC(Oc2ncnc3sc4c(c23)CCC4)CC1.[2H]CF. The Balaban J connectivity index is 0.000000167. The van der Waals surface area contributed by atoms with Gasteiger partial charge in [-0.3, -0.25) is 4.39 Å². The van der Waals surface area contributed by atoms with Gasteiger partial charge >= 0.3 is 6.09 Å². The Labute approximate surface area is 304 Å². The van der Waals surface area contributed by atoms with E-state index in [0.717, 1.165) is 71.2 Å². The Morgan fingerprint density at radius 3 is 1.76 bits per heavy atom. The third kappa shape index (κ3) is 8.66. The van der Waals surface area contributed by atoms with E-state index in [0.29, 0.717) is 6.10 Å². The van der Waals surface area contributed by atoms with Crippen LogP contribution < -0.4 is 14.8 Å². The third-order valence-electron chi connectivity index (χ3n) is 10.3. The molecule has 8 rings (SSSR count). The van der Waals surface area contributed by atoms with Gasteiger partial charge in [0.05, 0.1) is 19.3 Å². The Bertz CT molecular complexity index is 1760. The van der Waals surface area contributed by atoms with Gasteiger partial charge in [-0.1, -0.05) is 13.3 Å². The number of rotatable bonds is 6. The van der Waals surface area contributed by atoms with Crippen LogP contribution in [0.15, 0.2) is 12.7 Å². The number of nitrogens with one attached hydrogen (secondary N) is 1. The number of thiophene rings is 2. The highest BCUT2D eigenvalue weighted by molar-refractivity contribution is 7.19. The topological polar surface area (TPSA) is 108 Å². The van der Waals surface area contributed by atoms with E-state index >= 15 is 0 Å². The Morgan fingerprint density at radius 1 is 0.820 bits per heavy atom. The smallest absolute Gasteiger partial charge is 0.407 e. The summed E-state index contributed by atoms with van der Waals surface area (Å²) in [7, 11) is -1.00. The maximum atomic E-state index is 11.9. The lowest BCUT2D eigenvalue weighted by molar-refractivity contribution is 0.0470. The Hall–Kier alpha value is -3.12. The lowest BCUT2D eigenvalue weighted by atomic mass is 9.86. The molecular formula is C38H52FN5O4S2. The predicted molar refractivity (Wildman–Crippen MR) is 199 cm³/mol. The van der Waals surface area contributed by atoms with Crippen LogP contribution in [-0.2, 0) is 30.4 Å². The lowest BCUT2D eigenvalue weighted by Crippen LogP contribution is -2.42. The van der Waals surface area contributed by atoms with Crippen LogP contribution in [-0.4, -0.2) is 57.0 Å². The molecule has 0 spiro atoms. The van der Waals surface area contributed by atoms with Gasteiger partial charge in [0.25, 0.3) is 0 Å². The van der Waals surface area contributed by atoms with Gasteiger partial charge < -0.3 is 19.5 Å². The highest BCUT2D eigenvalue weighted by Crippen LogP contribution is 2.42. The average Bonchev–Trinajstić information content (AvgIpc) is 3.88. The third-order valence-corrected chi connectivity index (χ3v) is 12.7. The summed E-state index contributed by atoms with van der Waals surface area (Å²) in [5.74, 6) is 2.49. The maximum absolute atomic E-state index is 11.9. The van der Waals surface area contributed by atoms with E-state index in [1.807, 2.05) is 32.1 Å². The van der Waals surface area contributed by atoms with Crippen LogP contribution in [0.4, 0.5) is 9.18 Å². The molecule has 4 aliphatic rings. The average molecular weight is 727 g/mol. The fourth-order valence-corrected chi connectivity index (χ4v) is 10.2. The number of carbonyl (C=O) groups is 1. The predicted octanol–water partition coefficient (Wildman–Crippen LogP) is 9.51. The molecule has 0 aliphatic heterocycles. The summed E-state index contributed by atoms with van der Waals surface area (Å²) in [5, 5.41) is 5.32. The lowest BCUT2D eigenvalue weighted by Gasteiger charge is -2.30. The van der Waals surface area contributed by atoms with Crippen molar-refractivity contribution in [2.24, 2.45) is 5.92 Å². The van der Waals surface area contributed by atoms with Gasteiger partial charge in [0.15, 0.2) is 0 Å². The number of fused-ring (bicyclic) bond motifs is 6. The molecule has 0 radical (unpaired) electrons. The van der Waals surface area contributed by atoms with E-state index in [1.54, 1.807) is 24.0 Å². The van der Waals surface area contributed by atoms with E-state index in [2.05, 4.69) is 32.2 Å². The number of hydrogen-bond donors (Lipinski definition) is 1. The van der Waals surface area contributed by atoms with Crippen LogP contribution in [0, 0.1) is 5.92 Å². The number of alkyl halides is 1. The summed E-state index contributed by atoms with van der Waals surface area (Å²) in [4.78, 5) is 34.9. The van der Waals surface area contributed by atoms with Crippen molar-refractivity contribution in [1.82, 2.24) is 25.3 Å². The standard InChI is InChI=1S/C20H27N3O3S.C17H22N2OS.CH3F/c1-20(2,3)26-19(24)23-12-7-9-13(10-8-12)25-17-16-14-5-4-6-15(14)27-18(16)22-11-21-17;1-2-11-6-8-12(9-7-11)20-16-15-13-4-3-5-14(13)21-17(15)19-10-18-16;1-2/h11-13H,4-10H2,1-3H3,(H,23,24);10-12H,2-9H2,1H3;1H3/i;;1D. The molecule has 4 aliphatic carbocycles. The largest absolute Gasteiger partial charge is 0.474 e. The first kappa shape index (κ1) is 35.3. The minimum atomic E-state index is -1.00. The summed E-state index contributed by atoms with van der Waals surface area (Å²) in [6.45, 7) is 7.93. The molecule has 1 amide bonds. The molecule has 4 aromatic rings. The molecule has 12 heteroatoms. The van der Waals surface area contributed by atoms with Crippen LogP contribution in [0.2, 0.25) is 0 Å². The van der Waals surface area contributed by atoms with Gasteiger partial charge in [-0.25, -0.2) is 24.7 Å². The number of nitrogens with zero attached hydrogens (tertiary/aromatic N) is 4. The summed E-state index contributed by atoms with van der Waals surface area (Å²) < 4.78 is 33.4. The minimum Gasteiger partial charge on any atom is -0.474 e. The van der Waals surface area contributed by atoms with Gasteiger partial charge in [0.2, 0.25) is 11.8 Å². The summed E-state index contributed by atoms with van der Waals surface area (Å²) in [6, 6.07) is 0.149. The first-order valence-electron chi connectivity index (χ1n) is 19.0. The molecular weight excluding hydrogens is 674 g/mol. The second kappa shape index (κ2) is 16.5. The van der Waals surface area contributed by atoms with Crippen molar-refractivity contribution in [2.45, 2.75) is 148 Å². The molecule has 272 valence electrons. The monoisotopic (exact) mass is 726 g/mol. The zero-order valence-corrected chi connectivity index (χ0v) is 31.5. The molecule has 1 N–H and O–H groups in total. The number of aryl methyl sites for hydroxylation is 4. The fraction of sp³-hybridized carbons (Fsp3) is 0.658. The minimum absolute atomic E-state index is 0.136. The van der Waals surface area contributed by atoms with E-state index < -0.39 is 12.8 Å². The van der Waals surface area contributed by atoms with Crippen molar-refractivity contribution in [3.63, 3.8) is 0 Å².